The predicted octanol–water partition coefficient (Wildman–Crippen LogP) is 1.81. The molecule has 3 N–H and O–H groups in total. The molecule has 1 rings (SSSR count). The minimum Gasteiger partial charge on any atom is -0.351 e. The first-order valence-electron chi connectivity index (χ1n) is 6.06. The average molecular weight is 212 g/mol. The van der Waals surface area contributed by atoms with Crippen molar-refractivity contribution in [2.24, 2.45) is 11.7 Å². The Balaban J connectivity index is 2.35. The summed E-state index contributed by atoms with van der Waals surface area (Å²) < 4.78 is 0. The molecule has 0 aromatic heterocycles. The van der Waals surface area contributed by atoms with Gasteiger partial charge in [0.15, 0.2) is 0 Å². The van der Waals surface area contributed by atoms with E-state index in [9.17, 15) is 4.79 Å². The van der Waals surface area contributed by atoms with Crippen LogP contribution in [-0.4, -0.2) is 17.5 Å². The second-order valence-corrected chi connectivity index (χ2v) is 5.15. The average Bonchev–Trinajstić information content (AvgIpc) is 2.11. The Labute approximate surface area is 92.8 Å². The molecule has 0 aromatic rings. The number of carbonyl (C=O) groups excluding carboxylic acids is 1. The Morgan fingerprint density at radius 1 is 1.47 bits per heavy atom. The molecule has 3 heteroatoms. The number of hydrogen-bond acceptors (Lipinski definition) is 2. The van der Waals surface area contributed by atoms with Gasteiger partial charge in [0, 0.05) is 18.0 Å². The summed E-state index contributed by atoms with van der Waals surface area (Å²) in [5.41, 5.74) is 5.98. The predicted molar refractivity (Wildman–Crippen MR) is 62.4 cm³/mol. The highest BCUT2D eigenvalue weighted by atomic mass is 16.1. The third-order valence-corrected chi connectivity index (χ3v) is 3.67. The first-order chi connectivity index (χ1) is 6.99. The van der Waals surface area contributed by atoms with E-state index >= 15 is 0 Å². The summed E-state index contributed by atoms with van der Waals surface area (Å²) in [6.45, 7) is 6.25. The van der Waals surface area contributed by atoms with E-state index in [-0.39, 0.29) is 17.5 Å². The number of nitrogens with two attached hydrogens (primary N) is 1. The molecule has 0 saturated heterocycles. The van der Waals surface area contributed by atoms with Gasteiger partial charge in [-0.25, -0.2) is 0 Å². The van der Waals surface area contributed by atoms with Gasteiger partial charge < -0.3 is 11.1 Å². The molecular formula is C12H24N2O. The van der Waals surface area contributed by atoms with Crippen molar-refractivity contribution in [3.05, 3.63) is 0 Å². The topological polar surface area (TPSA) is 55.1 Å². The van der Waals surface area contributed by atoms with Crippen molar-refractivity contribution in [3.63, 3.8) is 0 Å². The first-order valence-corrected chi connectivity index (χ1v) is 6.06. The minimum absolute atomic E-state index is 0.0148. The zero-order valence-electron chi connectivity index (χ0n) is 10.2. The highest BCUT2D eigenvalue weighted by molar-refractivity contribution is 5.77. The fourth-order valence-corrected chi connectivity index (χ4v) is 1.97. The van der Waals surface area contributed by atoms with Crippen molar-refractivity contribution in [1.29, 1.82) is 0 Å². The molecule has 1 atom stereocenters. The van der Waals surface area contributed by atoms with Crippen molar-refractivity contribution in [2.75, 3.05) is 0 Å². The molecular weight excluding hydrogens is 188 g/mol. The van der Waals surface area contributed by atoms with Crippen LogP contribution in [0.5, 0.6) is 0 Å². The standard InChI is InChI=1S/C12H24N2O/c1-4-12(6-5-7-12)14-11(15)8-10(13)9(2)3/h9-10H,4-8,13H2,1-3H3,(H,14,15). The smallest absolute Gasteiger partial charge is 0.221 e. The van der Waals surface area contributed by atoms with Crippen molar-refractivity contribution in [1.82, 2.24) is 5.32 Å². The second-order valence-electron chi connectivity index (χ2n) is 5.15. The zero-order valence-corrected chi connectivity index (χ0v) is 10.2. The lowest BCUT2D eigenvalue weighted by atomic mass is 9.74. The molecule has 1 aliphatic carbocycles. The lowest BCUT2D eigenvalue weighted by Crippen LogP contribution is -2.54. The van der Waals surface area contributed by atoms with Crippen LogP contribution in [0.2, 0.25) is 0 Å². The summed E-state index contributed by atoms with van der Waals surface area (Å²) in [6, 6.07) is -0.0148. The first kappa shape index (κ1) is 12.5. The van der Waals surface area contributed by atoms with Crippen LogP contribution in [0.4, 0.5) is 0 Å². The zero-order chi connectivity index (χ0) is 11.5. The third-order valence-electron chi connectivity index (χ3n) is 3.67. The van der Waals surface area contributed by atoms with Crippen molar-refractivity contribution in [3.8, 4) is 0 Å². The number of hydrogen-bond donors (Lipinski definition) is 2. The Hall–Kier alpha value is -0.570. The molecule has 15 heavy (non-hydrogen) atoms. The molecule has 3 nitrogen and oxygen atoms in total. The maximum Gasteiger partial charge on any atom is 0.221 e. The molecule has 1 aliphatic rings. The maximum absolute atomic E-state index is 11.7. The van der Waals surface area contributed by atoms with Crippen LogP contribution in [0.15, 0.2) is 0 Å². The van der Waals surface area contributed by atoms with E-state index in [4.69, 9.17) is 5.73 Å². The van der Waals surface area contributed by atoms with E-state index in [0.717, 1.165) is 19.3 Å². The highest BCUT2D eigenvalue weighted by Crippen LogP contribution is 2.34. The number of rotatable bonds is 5. The van der Waals surface area contributed by atoms with Gasteiger partial charge in [0.1, 0.15) is 0 Å². The van der Waals surface area contributed by atoms with Crippen LogP contribution < -0.4 is 11.1 Å². The Morgan fingerprint density at radius 2 is 2.07 bits per heavy atom. The molecule has 0 spiro atoms. The van der Waals surface area contributed by atoms with Gasteiger partial charge in [-0.3, -0.25) is 4.79 Å². The van der Waals surface area contributed by atoms with Gasteiger partial charge in [-0.2, -0.15) is 0 Å². The number of carbonyl (C=O) groups is 1. The van der Waals surface area contributed by atoms with Gasteiger partial charge in [-0.15, -0.1) is 0 Å². The Bertz CT molecular complexity index is 216. The second kappa shape index (κ2) is 4.97. The molecule has 1 amide bonds. The lowest BCUT2D eigenvalue weighted by Gasteiger charge is -2.42. The summed E-state index contributed by atoms with van der Waals surface area (Å²) >= 11 is 0. The Morgan fingerprint density at radius 3 is 2.40 bits per heavy atom. The van der Waals surface area contributed by atoms with Gasteiger partial charge >= 0.3 is 0 Å². The van der Waals surface area contributed by atoms with Gasteiger partial charge in [0.05, 0.1) is 0 Å². The van der Waals surface area contributed by atoms with Gasteiger partial charge in [0.25, 0.3) is 0 Å². The van der Waals surface area contributed by atoms with Crippen LogP contribution in [0.25, 0.3) is 0 Å². The van der Waals surface area contributed by atoms with Crippen molar-refractivity contribution in [2.45, 2.75) is 64.5 Å². The van der Waals surface area contributed by atoms with E-state index in [1.807, 2.05) is 0 Å². The van der Waals surface area contributed by atoms with Crippen LogP contribution in [0.3, 0.4) is 0 Å². The summed E-state index contributed by atoms with van der Waals surface area (Å²) in [4.78, 5) is 11.7. The molecule has 0 heterocycles. The van der Waals surface area contributed by atoms with Gasteiger partial charge in [-0.05, 0) is 31.6 Å². The Kier molecular flexibility index (Phi) is 4.14. The van der Waals surface area contributed by atoms with Gasteiger partial charge in [-0.1, -0.05) is 20.8 Å². The summed E-state index contributed by atoms with van der Waals surface area (Å²) in [5.74, 6) is 0.493. The maximum atomic E-state index is 11.7. The lowest BCUT2D eigenvalue weighted by molar-refractivity contribution is -0.124. The monoisotopic (exact) mass is 212 g/mol. The van der Waals surface area contributed by atoms with E-state index in [1.54, 1.807) is 0 Å². The van der Waals surface area contributed by atoms with E-state index in [0.29, 0.717) is 12.3 Å². The van der Waals surface area contributed by atoms with Gasteiger partial charge in [0.2, 0.25) is 5.91 Å². The van der Waals surface area contributed by atoms with Crippen molar-refractivity contribution < 1.29 is 4.79 Å². The van der Waals surface area contributed by atoms with Crippen LogP contribution in [0, 0.1) is 5.92 Å². The van der Waals surface area contributed by atoms with Crippen LogP contribution >= 0.6 is 0 Å². The molecule has 0 aromatic carbocycles. The summed E-state index contributed by atoms with van der Waals surface area (Å²) in [5, 5.41) is 3.15. The van der Waals surface area contributed by atoms with Crippen LogP contribution in [-0.2, 0) is 4.79 Å². The summed E-state index contributed by atoms with van der Waals surface area (Å²) in [7, 11) is 0. The van der Waals surface area contributed by atoms with E-state index < -0.39 is 0 Å². The number of amides is 1. The highest BCUT2D eigenvalue weighted by Gasteiger charge is 2.36. The molecule has 1 unspecified atom stereocenters. The van der Waals surface area contributed by atoms with E-state index in [1.165, 1.54) is 6.42 Å². The normalized spacial score (nSPS) is 20.9. The summed E-state index contributed by atoms with van der Waals surface area (Å²) in [6.07, 6.45) is 5.00. The largest absolute Gasteiger partial charge is 0.351 e. The molecule has 0 bridgehead atoms. The van der Waals surface area contributed by atoms with E-state index in [2.05, 4.69) is 26.1 Å². The molecule has 0 aliphatic heterocycles. The third kappa shape index (κ3) is 3.20. The minimum atomic E-state index is -0.0148. The fraction of sp³-hybridized carbons (Fsp3) is 0.917. The quantitative estimate of drug-likeness (QED) is 0.730. The molecule has 88 valence electrons. The number of nitrogens with one attached hydrogen (secondary N) is 1. The molecule has 1 saturated carbocycles. The molecule has 1 fully saturated rings. The molecule has 0 radical (unpaired) electrons. The van der Waals surface area contributed by atoms with Crippen molar-refractivity contribution >= 4 is 5.91 Å². The van der Waals surface area contributed by atoms with Crippen LogP contribution in [0.1, 0.15) is 52.9 Å². The SMILES string of the molecule is CCC1(NC(=O)CC(N)C(C)C)CCC1. The fourth-order valence-electron chi connectivity index (χ4n) is 1.97.